The van der Waals surface area contributed by atoms with Crippen LogP contribution >= 0.6 is 0 Å². The SMILES string of the molecule is Cc1cc2cc(Cc3ccnc(Nc4cccc(S(=O)(=O)CCN(C)C)c4)n3)ccc2[nH]1. The van der Waals surface area contributed by atoms with E-state index in [-0.39, 0.29) is 10.6 Å². The lowest BCUT2D eigenvalue weighted by molar-refractivity contribution is 0.432. The summed E-state index contributed by atoms with van der Waals surface area (Å²) in [5, 5.41) is 4.32. The lowest BCUT2D eigenvalue weighted by Gasteiger charge is -2.11. The number of nitrogens with zero attached hydrogens (tertiary/aromatic N) is 3. The Labute approximate surface area is 188 Å². The predicted octanol–water partition coefficient (Wildman–Crippen LogP) is 3.94. The molecule has 32 heavy (non-hydrogen) atoms. The molecule has 0 bridgehead atoms. The molecule has 4 aromatic rings. The average molecular weight is 450 g/mol. The van der Waals surface area contributed by atoms with Crippen LogP contribution in [-0.4, -0.2) is 54.7 Å². The van der Waals surface area contributed by atoms with E-state index >= 15 is 0 Å². The summed E-state index contributed by atoms with van der Waals surface area (Å²) in [6.07, 6.45) is 2.39. The number of aryl methyl sites for hydroxylation is 1. The van der Waals surface area contributed by atoms with E-state index < -0.39 is 9.84 Å². The molecule has 2 heterocycles. The summed E-state index contributed by atoms with van der Waals surface area (Å²) in [4.78, 5) is 14.4. The summed E-state index contributed by atoms with van der Waals surface area (Å²) in [7, 11) is 0.352. The van der Waals surface area contributed by atoms with Gasteiger partial charge in [-0.25, -0.2) is 18.4 Å². The van der Waals surface area contributed by atoms with Crippen molar-refractivity contribution in [3.05, 3.63) is 77.7 Å². The van der Waals surface area contributed by atoms with Crippen molar-refractivity contribution in [1.29, 1.82) is 0 Å². The Morgan fingerprint density at radius 2 is 1.91 bits per heavy atom. The molecule has 2 aromatic heterocycles. The second-order valence-electron chi connectivity index (χ2n) is 8.20. The molecule has 2 aromatic carbocycles. The van der Waals surface area contributed by atoms with E-state index in [1.54, 1.807) is 24.4 Å². The zero-order valence-electron chi connectivity index (χ0n) is 18.5. The van der Waals surface area contributed by atoms with Crippen LogP contribution in [0, 0.1) is 6.92 Å². The highest BCUT2D eigenvalue weighted by atomic mass is 32.2. The molecule has 0 aliphatic carbocycles. The molecule has 0 fully saturated rings. The first kappa shape index (κ1) is 22.0. The molecule has 0 aliphatic heterocycles. The van der Waals surface area contributed by atoms with Crippen LogP contribution in [0.25, 0.3) is 10.9 Å². The fourth-order valence-corrected chi connectivity index (χ4v) is 4.95. The van der Waals surface area contributed by atoms with Crippen LogP contribution in [0.4, 0.5) is 11.6 Å². The van der Waals surface area contributed by atoms with Crippen LogP contribution in [-0.2, 0) is 16.3 Å². The smallest absolute Gasteiger partial charge is 0.227 e. The first-order valence-electron chi connectivity index (χ1n) is 10.4. The van der Waals surface area contributed by atoms with Gasteiger partial charge in [0.2, 0.25) is 5.95 Å². The summed E-state index contributed by atoms with van der Waals surface area (Å²) in [5.74, 6) is 0.504. The molecule has 0 radical (unpaired) electrons. The summed E-state index contributed by atoms with van der Waals surface area (Å²) < 4.78 is 25.2. The van der Waals surface area contributed by atoms with Gasteiger partial charge in [0.25, 0.3) is 0 Å². The number of benzene rings is 2. The summed E-state index contributed by atoms with van der Waals surface area (Å²) in [5.41, 5.74) is 4.93. The second-order valence-corrected chi connectivity index (χ2v) is 10.3. The van der Waals surface area contributed by atoms with Gasteiger partial charge in [0, 0.05) is 36.1 Å². The van der Waals surface area contributed by atoms with E-state index in [4.69, 9.17) is 0 Å². The third-order valence-electron chi connectivity index (χ3n) is 5.17. The largest absolute Gasteiger partial charge is 0.359 e. The summed E-state index contributed by atoms with van der Waals surface area (Å²) in [6.45, 7) is 2.52. The molecule has 0 unspecified atom stereocenters. The van der Waals surface area contributed by atoms with Gasteiger partial charge in [-0.05, 0) is 74.4 Å². The molecule has 166 valence electrons. The minimum atomic E-state index is -3.36. The van der Waals surface area contributed by atoms with Gasteiger partial charge in [-0.2, -0.15) is 0 Å². The van der Waals surface area contributed by atoms with Crippen molar-refractivity contribution in [2.75, 3.05) is 31.7 Å². The lowest BCUT2D eigenvalue weighted by Crippen LogP contribution is -2.22. The van der Waals surface area contributed by atoms with Crippen LogP contribution in [0.3, 0.4) is 0 Å². The number of fused-ring (bicyclic) bond motifs is 1. The van der Waals surface area contributed by atoms with Gasteiger partial charge in [0.1, 0.15) is 0 Å². The van der Waals surface area contributed by atoms with Gasteiger partial charge in [-0.1, -0.05) is 12.1 Å². The highest BCUT2D eigenvalue weighted by molar-refractivity contribution is 7.91. The maximum Gasteiger partial charge on any atom is 0.227 e. The molecule has 0 spiro atoms. The van der Waals surface area contributed by atoms with Crippen molar-refractivity contribution in [1.82, 2.24) is 19.9 Å². The number of rotatable bonds is 8. The van der Waals surface area contributed by atoms with Gasteiger partial charge in [-0.3, -0.25) is 0 Å². The Hall–Kier alpha value is -3.23. The highest BCUT2D eigenvalue weighted by Crippen LogP contribution is 2.21. The van der Waals surface area contributed by atoms with Gasteiger partial charge >= 0.3 is 0 Å². The highest BCUT2D eigenvalue weighted by Gasteiger charge is 2.15. The predicted molar refractivity (Wildman–Crippen MR) is 128 cm³/mol. The summed E-state index contributed by atoms with van der Waals surface area (Å²) >= 11 is 0. The molecule has 0 saturated heterocycles. The molecule has 2 N–H and O–H groups in total. The van der Waals surface area contributed by atoms with E-state index in [2.05, 4.69) is 44.5 Å². The van der Waals surface area contributed by atoms with E-state index in [9.17, 15) is 8.42 Å². The van der Waals surface area contributed by atoms with E-state index in [0.29, 0.717) is 24.6 Å². The molecule has 0 amide bonds. The fraction of sp³-hybridized carbons (Fsp3) is 0.250. The van der Waals surface area contributed by atoms with Gasteiger partial charge in [0.15, 0.2) is 9.84 Å². The number of aromatic nitrogens is 3. The first-order chi connectivity index (χ1) is 15.3. The Kier molecular flexibility index (Phi) is 6.25. The van der Waals surface area contributed by atoms with Crippen LogP contribution in [0.5, 0.6) is 0 Å². The minimum Gasteiger partial charge on any atom is -0.359 e. The van der Waals surface area contributed by atoms with Gasteiger partial charge < -0.3 is 15.2 Å². The molecule has 7 nitrogen and oxygen atoms in total. The quantitative estimate of drug-likeness (QED) is 0.423. The van der Waals surface area contributed by atoms with Crippen molar-refractivity contribution in [2.24, 2.45) is 0 Å². The van der Waals surface area contributed by atoms with Crippen molar-refractivity contribution < 1.29 is 8.42 Å². The fourth-order valence-electron chi connectivity index (χ4n) is 3.52. The lowest BCUT2D eigenvalue weighted by atomic mass is 10.1. The number of hydrogen-bond acceptors (Lipinski definition) is 6. The molecule has 4 rings (SSSR count). The standard InChI is InChI=1S/C24H27N5O2S/c1-17-13-19-14-18(7-8-23(19)26-17)15-21-9-10-25-24(28-21)27-20-5-4-6-22(16-20)32(30,31)12-11-29(2)3/h4-10,13-14,16,26H,11-12,15H2,1-3H3,(H,25,27,28). The van der Waals surface area contributed by atoms with Crippen molar-refractivity contribution in [3.63, 3.8) is 0 Å². The minimum absolute atomic E-state index is 0.0699. The molecule has 0 atom stereocenters. The monoisotopic (exact) mass is 449 g/mol. The topological polar surface area (TPSA) is 91.0 Å². The molecule has 0 aliphatic rings. The Balaban J connectivity index is 1.50. The number of sulfone groups is 1. The number of aromatic amines is 1. The normalized spacial score (nSPS) is 11.9. The Bertz CT molecular complexity index is 1350. The molecule has 0 saturated carbocycles. The first-order valence-corrected chi connectivity index (χ1v) is 12.1. The van der Waals surface area contributed by atoms with E-state index in [1.807, 2.05) is 38.1 Å². The van der Waals surface area contributed by atoms with Crippen molar-refractivity contribution >= 4 is 32.4 Å². The van der Waals surface area contributed by atoms with Gasteiger partial charge in [-0.15, -0.1) is 0 Å². The zero-order chi connectivity index (χ0) is 22.7. The Morgan fingerprint density at radius 1 is 1.06 bits per heavy atom. The number of hydrogen-bond donors (Lipinski definition) is 2. The third-order valence-corrected chi connectivity index (χ3v) is 6.87. The van der Waals surface area contributed by atoms with Crippen LogP contribution in [0.1, 0.15) is 17.0 Å². The maximum absolute atomic E-state index is 12.6. The van der Waals surface area contributed by atoms with Gasteiger partial charge in [0.05, 0.1) is 16.3 Å². The second kappa shape index (κ2) is 9.10. The van der Waals surface area contributed by atoms with Crippen LogP contribution in [0.15, 0.2) is 65.7 Å². The number of H-pyrrole nitrogens is 1. The van der Waals surface area contributed by atoms with Crippen LogP contribution in [0.2, 0.25) is 0 Å². The zero-order valence-corrected chi connectivity index (χ0v) is 19.3. The van der Waals surface area contributed by atoms with Crippen LogP contribution < -0.4 is 5.32 Å². The van der Waals surface area contributed by atoms with E-state index in [0.717, 1.165) is 22.5 Å². The van der Waals surface area contributed by atoms with E-state index in [1.165, 1.54) is 5.39 Å². The van der Waals surface area contributed by atoms with Crippen molar-refractivity contribution in [3.8, 4) is 0 Å². The number of nitrogens with one attached hydrogen (secondary N) is 2. The third kappa shape index (κ3) is 5.33. The molecular weight excluding hydrogens is 422 g/mol. The average Bonchev–Trinajstić information content (AvgIpc) is 3.12. The Morgan fingerprint density at radius 3 is 2.72 bits per heavy atom. The number of anilines is 2. The summed E-state index contributed by atoms with van der Waals surface area (Å²) in [6, 6.07) is 17.1. The molecular formula is C24H27N5O2S. The maximum atomic E-state index is 12.6. The van der Waals surface area contributed by atoms with Crippen molar-refractivity contribution in [2.45, 2.75) is 18.2 Å². The molecule has 8 heteroatoms.